The van der Waals surface area contributed by atoms with E-state index in [9.17, 15) is 14.7 Å². The number of hydrogen-bond donors (Lipinski definition) is 2. The Morgan fingerprint density at radius 1 is 1.19 bits per heavy atom. The monoisotopic (exact) mass is 289 g/mol. The maximum Gasteiger partial charge on any atom is 0.319 e. The molecule has 21 heavy (non-hydrogen) atoms. The first-order chi connectivity index (χ1) is 9.86. The van der Waals surface area contributed by atoms with Gasteiger partial charge in [-0.1, -0.05) is 43.2 Å². The first-order valence-corrected chi connectivity index (χ1v) is 7.46. The molecule has 1 aromatic carbocycles. The van der Waals surface area contributed by atoms with E-state index in [-0.39, 0.29) is 5.91 Å². The van der Waals surface area contributed by atoms with Gasteiger partial charge in [0.2, 0.25) is 5.91 Å². The minimum absolute atomic E-state index is 0.339. The van der Waals surface area contributed by atoms with Gasteiger partial charge >= 0.3 is 5.97 Å². The Morgan fingerprint density at radius 2 is 1.76 bits per heavy atom. The quantitative estimate of drug-likeness (QED) is 0.819. The lowest BCUT2D eigenvalue weighted by atomic mass is 9.83. The second-order valence-electron chi connectivity index (χ2n) is 6.59. The van der Waals surface area contributed by atoms with Crippen molar-refractivity contribution in [3.05, 3.63) is 35.9 Å². The molecule has 0 radical (unpaired) electrons. The van der Waals surface area contributed by atoms with E-state index in [2.05, 4.69) is 5.32 Å². The zero-order valence-electron chi connectivity index (χ0n) is 12.7. The highest BCUT2D eigenvalue weighted by molar-refractivity contribution is 6.02. The van der Waals surface area contributed by atoms with Crippen LogP contribution in [0.4, 0.5) is 0 Å². The van der Waals surface area contributed by atoms with Gasteiger partial charge < -0.3 is 10.4 Å². The van der Waals surface area contributed by atoms with Crippen LogP contribution < -0.4 is 5.32 Å². The summed E-state index contributed by atoms with van der Waals surface area (Å²) in [6.45, 7) is 3.87. The van der Waals surface area contributed by atoms with Crippen LogP contribution in [0.25, 0.3) is 0 Å². The Kier molecular flexibility index (Phi) is 4.35. The summed E-state index contributed by atoms with van der Waals surface area (Å²) in [6.07, 6.45) is 3.16. The third kappa shape index (κ3) is 3.43. The number of nitrogens with one attached hydrogen (secondary N) is 1. The third-order valence-corrected chi connectivity index (χ3v) is 4.24. The van der Waals surface area contributed by atoms with Crippen LogP contribution in [0.15, 0.2) is 30.3 Å². The maximum atomic E-state index is 12.5. The zero-order chi connectivity index (χ0) is 15.5. The summed E-state index contributed by atoms with van der Waals surface area (Å²) in [7, 11) is 0. The topological polar surface area (TPSA) is 66.4 Å². The number of rotatable bonds is 5. The maximum absolute atomic E-state index is 12.5. The van der Waals surface area contributed by atoms with Crippen LogP contribution in [-0.2, 0) is 16.0 Å². The van der Waals surface area contributed by atoms with Gasteiger partial charge in [-0.15, -0.1) is 0 Å². The van der Waals surface area contributed by atoms with Crippen molar-refractivity contribution in [3.8, 4) is 0 Å². The van der Waals surface area contributed by atoms with Crippen molar-refractivity contribution in [1.29, 1.82) is 0 Å². The Hall–Kier alpha value is -1.84. The standard InChI is InChI=1S/C17H23NO3/c1-16(2,12-13-8-4-3-5-9-13)18-14(19)17(15(20)21)10-6-7-11-17/h3-5,8-9H,6-7,10-12H2,1-2H3,(H,18,19)(H,20,21). The molecule has 1 aliphatic carbocycles. The highest BCUT2D eigenvalue weighted by Gasteiger charge is 2.49. The van der Waals surface area contributed by atoms with Crippen molar-refractivity contribution in [3.63, 3.8) is 0 Å². The summed E-state index contributed by atoms with van der Waals surface area (Å²) in [5.41, 5.74) is -0.573. The van der Waals surface area contributed by atoms with Crippen LogP contribution in [-0.4, -0.2) is 22.5 Å². The smallest absolute Gasteiger partial charge is 0.319 e. The molecule has 4 nitrogen and oxygen atoms in total. The number of carboxylic acid groups (broad SMARTS) is 1. The van der Waals surface area contributed by atoms with Gasteiger partial charge in [-0.2, -0.15) is 0 Å². The van der Waals surface area contributed by atoms with Gasteiger partial charge in [0.25, 0.3) is 0 Å². The molecular weight excluding hydrogens is 266 g/mol. The molecule has 2 N–H and O–H groups in total. The number of benzene rings is 1. The molecule has 0 unspecified atom stereocenters. The number of carbonyl (C=O) groups is 2. The van der Waals surface area contributed by atoms with Crippen LogP contribution in [0.1, 0.15) is 45.1 Å². The normalized spacial score (nSPS) is 17.4. The van der Waals surface area contributed by atoms with Crippen LogP contribution in [0.2, 0.25) is 0 Å². The lowest BCUT2D eigenvalue weighted by molar-refractivity contribution is -0.156. The van der Waals surface area contributed by atoms with E-state index in [1.807, 2.05) is 44.2 Å². The molecule has 114 valence electrons. The number of aliphatic carboxylic acids is 1. The van der Waals surface area contributed by atoms with Crippen LogP contribution >= 0.6 is 0 Å². The molecule has 1 aliphatic rings. The Balaban J connectivity index is 2.08. The molecule has 0 aliphatic heterocycles. The van der Waals surface area contributed by atoms with Gasteiger partial charge in [-0.3, -0.25) is 9.59 Å². The van der Waals surface area contributed by atoms with Crippen molar-refractivity contribution in [1.82, 2.24) is 5.32 Å². The van der Waals surface area contributed by atoms with E-state index in [0.717, 1.165) is 18.4 Å². The van der Waals surface area contributed by atoms with E-state index in [0.29, 0.717) is 19.3 Å². The van der Waals surface area contributed by atoms with Gasteiger partial charge in [-0.05, 0) is 38.7 Å². The molecule has 0 saturated heterocycles. The fraction of sp³-hybridized carbons (Fsp3) is 0.529. The highest BCUT2D eigenvalue weighted by atomic mass is 16.4. The van der Waals surface area contributed by atoms with Crippen LogP contribution in [0.3, 0.4) is 0 Å². The molecule has 1 fully saturated rings. The number of hydrogen-bond acceptors (Lipinski definition) is 2. The summed E-state index contributed by atoms with van der Waals surface area (Å²) in [4.78, 5) is 24.1. The molecule has 0 aromatic heterocycles. The number of carboxylic acids is 1. The van der Waals surface area contributed by atoms with Crippen molar-refractivity contribution >= 4 is 11.9 Å². The second kappa shape index (κ2) is 5.88. The third-order valence-electron chi connectivity index (χ3n) is 4.24. The number of amides is 1. The molecule has 1 amide bonds. The van der Waals surface area contributed by atoms with E-state index < -0.39 is 16.9 Å². The highest BCUT2D eigenvalue weighted by Crippen LogP contribution is 2.39. The SMILES string of the molecule is CC(C)(Cc1ccccc1)NC(=O)C1(C(=O)O)CCCC1. The molecule has 0 heterocycles. The summed E-state index contributed by atoms with van der Waals surface area (Å²) in [5, 5.41) is 12.4. The van der Waals surface area contributed by atoms with Crippen LogP contribution in [0, 0.1) is 5.41 Å². The van der Waals surface area contributed by atoms with E-state index in [1.165, 1.54) is 0 Å². The Labute approximate surface area is 125 Å². The summed E-state index contributed by atoms with van der Waals surface area (Å²) in [6, 6.07) is 9.89. The van der Waals surface area contributed by atoms with Crippen molar-refractivity contribution < 1.29 is 14.7 Å². The molecule has 2 rings (SSSR count). The molecule has 0 spiro atoms. The fourth-order valence-electron chi connectivity index (χ4n) is 3.09. The van der Waals surface area contributed by atoms with Gasteiger partial charge in [0, 0.05) is 5.54 Å². The van der Waals surface area contributed by atoms with E-state index >= 15 is 0 Å². The molecule has 1 saturated carbocycles. The molecule has 0 atom stereocenters. The van der Waals surface area contributed by atoms with Gasteiger partial charge in [-0.25, -0.2) is 0 Å². The summed E-state index contributed by atoms with van der Waals surface area (Å²) < 4.78 is 0. The molecule has 1 aromatic rings. The predicted molar refractivity (Wildman–Crippen MR) is 80.9 cm³/mol. The Morgan fingerprint density at radius 3 is 2.29 bits per heavy atom. The second-order valence-corrected chi connectivity index (χ2v) is 6.59. The van der Waals surface area contributed by atoms with Crippen molar-refractivity contribution in [2.75, 3.05) is 0 Å². The minimum Gasteiger partial charge on any atom is -0.480 e. The number of carbonyl (C=O) groups excluding carboxylic acids is 1. The molecule has 0 bridgehead atoms. The van der Waals surface area contributed by atoms with Crippen molar-refractivity contribution in [2.45, 2.75) is 51.5 Å². The average Bonchev–Trinajstić information content (AvgIpc) is 2.89. The fourth-order valence-corrected chi connectivity index (χ4v) is 3.09. The molecule has 4 heteroatoms. The molecular formula is C17H23NO3. The largest absolute Gasteiger partial charge is 0.480 e. The first kappa shape index (κ1) is 15.5. The lowest BCUT2D eigenvalue weighted by Gasteiger charge is -2.31. The first-order valence-electron chi connectivity index (χ1n) is 7.46. The predicted octanol–water partition coefficient (Wildman–Crippen LogP) is 2.77. The van der Waals surface area contributed by atoms with Gasteiger partial charge in [0.1, 0.15) is 5.41 Å². The average molecular weight is 289 g/mol. The Bertz CT molecular complexity index is 516. The van der Waals surface area contributed by atoms with Crippen LogP contribution in [0.5, 0.6) is 0 Å². The van der Waals surface area contributed by atoms with Gasteiger partial charge in [0.15, 0.2) is 0 Å². The van der Waals surface area contributed by atoms with Gasteiger partial charge in [0.05, 0.1) is 0 Å². The summed E-state index contributed by atoms with van der Waals surface area (Å²) in [5.74, 6) is -1.33. The van der Waals surface area contributed by atoms with E-state index in [1.54, 1.807) is 0 Å². The van der Waals surface area contributed by atoms with E-state index in [4.69, 9.17) is 0 Å². The zero-order valence-corrected chi connectivity index (χ0v) is 12.7. The minimum atomic E-state index is -1.23. The van der Waals surface area contributed by atoms with Crippen molar-refractivity contribution in [2.24, 2.45) is 5.41 Å². The summed E-state index contributed by atoms with van der Waals surface area (Å²) >= 11 is 0. The lowest BCUT2D eigenvalue weighted by Crippen LogP contribution is -2.53.